The molecule has 0 spiro atoms. The first-order valence-corrected chi connectivity index (χ1v) is 9.70. The quantitative estimate of drug-likeness (QED) is 0.441. The zero-order valence-corrected chi connectivity index (χ0v) is 17.2. The van der Waals surface area contributed by atoms with Crippen LogP contribution in [0, 0.1) is 0 Å². The molecule has 0 fully saturated rings. The lowest BCUT2D eigenvalue weighted by molar-refractivity contribution is -0.274. The first-order chi connectivity index (χ1) is 14.7. The fourth-order valence-corrected chi connectivity index (χ4v) is 2.79. The number of nitrogens with one attached hydrogen (secondary N) is 2. The van der Waals surface area contributed by atoms with Crippen molar-refractivity contribution < 1.29 is 23.0 Å². The second-order valence-corrected chi connectivity index (χ2v) is 7.18. The number of aliphatic hydroxyl groups excluding tert-OH is 1. The number of nitrogens with zero attached hydrogens (tertiary/aromatic N) is 2. The van der Waals surface area contributed by atoms with Crippen LogP contribution < -0.4 is 15.4 Å². The van der Waals surface area contributed by atoms with E-state index in [-0.39, 0.29) is 24.3 Å². The maximum absolute atomic E-state index is 12.6. The van der Waals surface area contributed by atoms with Crippen molar-refractivity contribution in [2.24, 2.45) is 0 Å². The van der Waals surface area contributed by atoms with Gasteiger partial charge in [-0.3, -0.25) is 0 Å². The number of ether oxygens (including phenoxy) is 1. The molecule has 0 saturated heterocycles. The van der Waals surface area contributed by atoms with Gasteiger partial charge in [-0.15, -0.1) is 13.2 Å². The average Bonchev–Trinajstić information content (AvgIpc) is 2.72. The lowest BCUT2D eigenvalue weighted by Gasteiger charge is -2.15. The van der Waals surface area contributed by atoms with E-state index in [2.05, 4.69) is 25.3 Å². The molecule has 0 saturated carbocycles. The number of hydrogen-bond donors (Lipinski definition) is 3. The summed E-state index contributed by atoms with van der Waals surface area (Å²) in [5, 5.41) is 16.1. The lowest BCUT2D eigenvalue weighted by atomic mass is 10.1. The highest BCUT2D eigenvalue weighted by Gasteiger charge is 2.31. The third-order valence-corrected chi connectivity index (χ3v) is 4.38. The molecule has 3 N–H and O–H groups in total. The summed E-state index contributed by atoms with van der Waals surface area (Å²) in [7, 11) is 0. The monoisotopic (exact) mass is 452 g/mol. The minimum absolute atomic E-state index is 0.143. The highest BCUT2D eigenvalue weighted by Crippen LogP contribution is 2.29. The van der Waals surface area contributed by atoms with E-state index >= 15 is 0 Å². The molecule has 0 aliphatic carbocycles. The van der Waals surface area contributed by atoms with Crippen LogP contribution in [0.5, 0.6) is 5.75 Å². The van der Waals surface area contributed by atoms with Gasteiger partial charge in [-0.25, -0.2) is 4.98 Å². The first kappa shape index (κ1) is 22.6. The van der Waals surface area contributed by atoms with Gasteiger partial charge in [0.05, 0.1) is 12.3 Å². The van der Waals surface area contributed by atoms with Crippen molar-refractivity contribution in [3.8, 4) is 17.0 Å². The SMILES string of the molecule is C[C@H](CO)Nc1nc(NCc2ccc(Cl)cc2)cc(-c2cccc(OC(F)(F)F)c2)n1. The molecule has 1 atom stereocenters. The molecule has 31 heavy (non-hydrogen) atoms. The Morgan fingerprint density at radius 1 is 1.10 bits per heavy atom. The van der Waals surface area contributed by atoms with Gasteiger partial charge in [0.15, 0.2) is 0 Å². The van der Waals surface area contributed by atoms with Gasteiger partial charge >= 0.3 is 6.36 Å². The summed E-state index contributed by atoms with van der Waals surface area (Å²) in [5.41, 5.74) is 1.76. The maximum Gasteiger partial charge on any atom is 0.573 e. The fourth-order valence-electron chi connectivity index (χ4n) is 2.66. The average molecular weight is 453 g/mol. The highest BCUT2D eigenvalue weighted by molar-refractivity contribution is 6.30. The van der Waals surface area contributed by atoms with Crippen molar-refractivity contribution >= 4 is 23.4 Å². The van der Waals surface area contributed by atoms with Gasteiger partial charge in [0, 0.05) is 29.2 Å². The highest BCUT2D eigenvalue weighted by atomic mass is 35.5. The van der Waals surface area contributed by atoms with Crippen LogP contribution in [0.2, 0.25) is 5.02 Å². The molecule has 2 aromatic carbocycles. The Labute approximate surface area is 182 Å². The molecule has 0 radical (unpaired) electrons. The Balaban J connectivity index is 1.89. The second kappa shape index (κ2) is 9.84. The Bertz CT molecular complexity index is 1020. The van der Waals surface area contributed by atoms with E-state index in [1.165, 1.54) is 18.2 Å². The molecule has 0 amide bonds. The van der Waals surface area contributed by atoms with Gasteiger partial charge in [0.1, 0.15) is 11.6 Å². The van der Waals surface area contributed by atoms with Gasteiger partial charge in [-0.2, -0.15) is 4.98 Å². The molecule has 1 aromatic heterocycles. The number of alkyl halides is 3. The summed E-state index contributed by atoms with van der Waals surface area (Å²) in [4.78, 5) is 8.75. The number of anilines is 2. The Morgan fingerprint density at radius 3 is 2.52 bits per heavy atom. The topological polar surface area (TPSA) is 79.3 Å². The van der Waals surface area contributed by atoms with Crippen molar-refractivity contribution in [3.05, 3.63) is 65.2 Å². The van der Waals surface area contributed by atoms with Crippen LogP contribution in [0.1, 0.15) is 12.5 Å². The molecule has 0 unspecified atom stereocenters. The van der Waals surface area contributed by atoms with E-state index in [9.17, 15) is 18.3 Å². The van der Waals surface area contributed by atoms with Gasteiger partial charge in [0.25, 0.3) is 0 Å². The Morgan fingerprint density at radius 2 is 1.84 bits per heavy atom. The van der Waals surface area contributed by atoms with Crippen LogP contribution in [0.25, 0.3) is 11.3 Å². The van der Waals surface area contributed by atoms with Crippen molar-refractivity contribution in [2.75, 3.05) is 17.2 Å². The first-order valence-electron chi connectivity index (χ1n) is 9.33. The maximum atomic E-state index is 12.6. The zero-order valence-electron chi connectivity index (χ0n) is 16.4. The number of halogens is 4. The molecule has 0 aliphatic heterocycles. The Hall–Kier alpha value is -3.04. The summed E-state index contributed by atoms with van der Waals surface area (Å²) in [6.45, 7) is 2.05. The normalized spacial score (nSPS) is 12.3. The Kier molecular flexibility index (Phi) is 7.19. The second-order valence-electron chi connectivity index (χ2n) is 6.75. The van der Waals surface area contributed by atoms with E-state index in [0.717, 1.165) is 5.56 Å². The molecule has 164 valence electrons. The predicted molar refractivity (Wildman–Crippen MR) is 113 cm³/mol. The molecule has 0 aliphatic rings. The van der Waals surface area contributed by atoms with Crippen molar-refractivity contribution in [1.82, 2.24) is 9.97 Å². The fraction of sp³-hybridized carbons (Fsp3) is 0.238. The van der Waals surface area contributed by atoms with Crippen molar-refractivity contribution in [2.45, 2.75) is 25.9 Å². The molecular weight excluding hydrogens is 433 g/mol. The third kappa shape index (κ3) is 7.01. The number of aromatic nitrogens is 2. The summed E-state index contributed by atoms with van der Waals surface area (Å²) < 4.78 is 41.7. The molecule has 6 nitrogen and oxygen atoms in total. The minimum atomic E-state index is -4.79. The smallest absolute Gasteiger partial charge is 0.406 e. The number of rotatable bonds is 8. The number of aliphatic hydroxyl groups is 1. The van der Waals surface area contributed by atoms with Crippen LogP contribution in [0.4, 0.5) is 24.9 Å². The van der Waals surface area contributed by atoms with E-state index in [1.807, 2.05) is 12.1 Å². The molecule has 3 aromatic rings. The molecule has 1 heterocycles. The summed E-state index contributed by atoms with van der Waals surface area (Å²) >= 11 is 5.90. The van der Waals surface area contributed by atoms with Crippen LogP contribution in [0.15, 0.2) is 54.6 Å². The van der Waals surface area contributed by atoms with Crippen LogP contribution in [-0.4, -0.2) is 34.1 Å². The molecule has 10 heteroatoms. The van der Waals surface area contributed by atoms with E-state index in [1.54, 1.807) is 31.2 Å². The largest absolute Gasteiger partial charge is 0.573 e. The van der Waals surface area contributed by atoms with Crippen LogP contribution >= 0.6 is 11.6 Å². The van der Waals surface area contributed by atoms with Gasteiger partial charge < -0.3 is 20.5 Å². The van der Waals surface area contributed by atoms with Crippen LogP contribution in [0.3, 0.4) is 0 Å². The summed E-state index contributed by atoms with van der Waals surface area (Å²) in [6.07, 6.45) is -4.79. The number of benzene rings is 2. The van der Waals surface area contributed by atoms with Gasteiger partial charge in [-0.05, 0) is 36.8 Å². The predicted octanol–water partition coefficient (Wildman–Crippen LogP) is 5.10. The molecular formula is C21H20ClF3N4O2. The summed E-state index contributed by atoms with van der Waals surface area (Å²) in [5.74, 6) is 0.326. The standard InChI is InChI=1S/C21H20ClF3N4O2/c1-13(12-30)27-20-28-18(15-3-2-4-17(9-15)31-21(23,24)25)10-19(29-20)26-11-14-5-7-16(22)8-6-14/h2-10,13,30H,11-12H2,1H3,(H2,26,27,28,29)/t13-/m1/s1. The lowest BCUT2D eigenvalue weighted by Crippen LogP contribution is -2.21. The summed E-state index contributed by atoms with van der Waals surface area (Å²) in [6, 6.07) is 14.1. The molecule has 0 bridgehead atoms. The van der Waals surface area contributed by atoms with Crippen molar-refractivity contribution in [3.63, 3.8) is 0 Å². The van der Waals surface area contributed by atoms with Crippen LogP contribution in [-0.2, 0) is 6.54 Å². The van der Waals surface area contributed by atoms with E-state index in [0.29, 0.717) is 28.6 Å². The number of hydrogen-bond acceptors (Lipinski definition) is 6. The van der Waals surface area contributed by atoms with E-state index in [4.69, 9.17) is 11.6 Å². The van der Waals surface area contributed by atoms with E-state index < -0.39 is 6.36 Å². The van der Waals surface area contributed by atoms with Gasteiger partial charge in [0.2, 0.25) is 5.95 Å². The van der Waals surface area contributed by atoms with Gasteiger partial charge in [-0.1, -0.05) is 35.9 Å². The zero-order chi connectivity index (χ0) is 22.4. The minimum Gasteiger partial charge on any atom is -0.406 e. The van der Waals surface area contributed by atoms with Crippen molar-refractivity contribution in [1.29, 1.82) is 0 Å². The third-order valence-electron chi connectivity index (χ3n) is 4.13. The molecule has 3 rings (SSSR count).